The standard InChI is InChI=1S/C23H17N3O4S/c1-13(21(28)15-7-8-18-17(9-15)25-19(27)10-30-18)26-12-24-22-20(23(26)29)16(11-31-22)14-5-3-2-4-6-14/h2-9,11-13H,10H2,1H3,(H,25,27). The molecule has 0 fully saturated rings. The fourth-order valence-electron chi connectivity index (χ4n) is 3.66. The van der Waals surface area contributed by atoms with Gasteiger partial charge in [-0.25, -0.2) is 4.98 Å². The number of anilines is 1. The number of ether oxygens (including phenoxy) is 1. The molecule has 4 aromatic rings. The van der Waals surface area contributed by atoms with Crippen LogP contribution in [-0.2, 0) is 4.79 Å². The monoisotopic (exact) mass is 431 g/mol. The molecule has 5 rings (SSSR count). The van der Waals surface area contributed by atoms with Crippen LogP contribution in [0.15, 0.2) is 65.0 Å². The van der Waals surface area contributed by atoms with Gasteiger partial charge in [-0.1, -0.05) is 30.3 Å². The van der Waals surface area contributed by atoms with Crippen molar-refractivity contribution in [3.05, 3.63) is 76.2 Å². The summed E-state index contributed by atoms with van der Waals surface area (Å²) in [6.45, 7) is 1.61. The number of nitrogens with one attached hydrogen (secondary N) is 1. The van der Waals surface area contributed by atoms with Crippen LogP contribution in [-0.4, -0.2) is 27.8 Å². The first-order chi connectivity index (χ1) is 15.0. The summed E-state index contributed by atoms with van der Waals surface area (Å²) in [5.41, 5.74) is 2.29. The highest BCUT2D eigenvalue weighted by molar-refractivity contribution is 7.17. The minimum Gasteiger partial charge on any atom is -0.482 e. The number of nitrogens with zero attached hydrogens (tertiary/aromatic N) is 2. The summed E-state index contributed by atoms with van der Waals surface area (Å²) in [7, 11) is 0. The molecule has 154 valence electrons. The van der Waals surface area contributed by atoms with Crippen LogP contribution < -0.4 is 15.6 Å². The number of benzene rings is 2. The summed E-state index contributed by atoms with van der Waals surface area (Å²) in [5.74, 6) is -0.0286. The molecule has 2 aromatic heterocycles. The van der Waals surface area contributed by atoms with Crippen molar-refractivity contribution in [3.8, 4) is 16.9 Å². The summed E-state index contributed by atoms with van der Waals surface area (Å²) in [4.78, 5) is 43.1. The highest BCUT2D eigenvalue weighted by Crippen LogP contribution is 2.32. The summed E-state index contributed by atoms with van der Waals surface area (Å²) in [5, 5.41) is 5.11. The second kappa shape index (κ2) is 7.48. The number of aromatic nitrogens is 2. The van der Waals surface area contributed by atoms with Crippen LogP contribution in [0.3, 0.4) is 0 Å². The molecule has 1 atom stereocenters. The Morgan fingerprint density at radius 3 is 2.81 bits per heavy atom. The van der Waals surface area contributed by atoms with Gasteiger partial charge in [0.25, 0.3) is 11.5 Å². The number of hydrogen-bond donors (Lipinski definition) is 1. The van der Waals surface area contributed by atoms with Gasteiger partial charge in [0, 0.05) is 16.5 Å². The van der Waals surface area contributed by atoms with Gasteiger partial charge in [-0.3, -0.25) is 19.0 Å². The van der Waals surface area contributed by atoms with Crippen LogP contribution in [0.4, 0.5) is 5.69 Å². The third-order valence-electron chi connectivity index (χ3n) is 5.30. The first-order valence-electron chi connectivity index (χ1n) is 9.67. The van der Waals surface area contributed by atoms with Crippen molar-refractivity contribution >= 4 is 38.9 Å². The van der Waals surface area contributed by atoms with Crippen molar-refractivity contribution < 1.29 is 14.3 Å². The fourth-order valence-corrected chi connectivity index (χ4v) is 4.56. The Morgan fingerprint density at radius 2 is 2.00 bits per heavy atom. The van der Waals surface area contributed by atoms with Crippen LogP contribution >= 0.6 is 11.3 Å². The van der Waals surface area contributed by atoms with Gasteiger partial charge in [0.2, 0.25) is 0 Å². The lowest BCUT2D eigenvalue weighted by molar-refractivity contribution is -0.118. The molecule has 0 saturated heterocycles. The minimum absolute atomic E-state index is 0.0534. The molecule has 0 spiro atoms. The van der Waals surface area contributed by atoms with Crippen LogP contribution in [0.25, 0.3) is 21.3 Å². The number of amides is 1. The lowest BCUT2D eigenvalue weighted by Crippen LogP contribution is -2.29. The molecule has 31 heavy (non-hydrogen) atoms. The summed E-state index contributed by atoms with van der Waals surface area (Å²) >= 11 is 1.40. The maximum absolute atomic E-state index is 13.3. The topological polar surface area (TPSA) is 90.3 Å². The quantitative estimate of drug-likeness (QED) is 0.495. The van der Waals surface area contributed by atoms with Crippen LogP contribution in [0.5, 0.6) is 5.75 Å². The third kappa shape index (κ3) is 3.30. The van der Waals surface area contributed by atoms with Crippen molar-refractivity contribution in [1.82, 2.24) is 9.55 Å². The van der Waals surface area contributed by atoms with Gasteiger partial charge in [0.1, 0.15) is 10.6 Å². The van der Waals surface area contributed by atoms with E-state index < -0.39 is 6.04 Å². The summed E-state index contributed by atoms with van der Waals surface area (Å²) < 4.78 is 6.70. The van der Waals surface area contributed by atoms with Crippen molar-refractivity contribution in [2.75, 3.05) is 11.9 Å². The van der Waals surface area contributed by atoms with Crippen LogP contribution in [0, 0.1) is 0 Å². The fraction of sp³-hybridized carbons (Fsp3) is 0.130. The van der Waals surface area contributed by atoms with Gasteiger partial charge in [-0.15, -0.1) is 11.3 Å². The molecule has 1 aliphatic heterocycles. The van der Waals surface area contributed by atoms with Crippen LogP contribution in [0.1, 0.15) is 23.3 Å². The molecule has 1 aliphatic rings. The van der Waals surface area contributed by atoms with E-state index in [9.17, 15) is 14.4 Å². The number of thiophene rings is 1. The van der Waals surface area contributed by atoms with Gasteiger partial charge in [-0.2, -0.15) is 0 Å². The van der Waals surface area contributed by atoms with E-state index in [-0.39, 0.29) is 23.9 Å². The Bertz CT molecular complexity index is 1390. The molecule has 3 heterocycles. The molecule has 1 unspecified atom stereocenters. The Balaban J connectivity index is 1.54. The number of carbonyl (C=O) groups excluding carboxylic acids is 2. The number of fused-ring (bicyclic) bond motifs is 2. The van der Waals surface area contributed by atoms with E-state index in [1.54, 1.807) is 25.1 Å². The van der Waals surface area contributed by atoms with Crippen molar-refractivity contribution in [2.24, 2.45) is 0 Å². The number of ketones is 1. The maximum Gasteiger partial charge on any atom is 0.263 e. The summed E-state index contributed by atoms with van der Waals surface area (Å²) in [6, 6.07) is 13.7. The third-order valence-corrected chi connectivity index (χ3v) is 6.18. The zero-order valence-electron chi connectivity index (χ0n) is 16.5. The predicted octanol–water partition coefficient (Wildman–Crippen LogP) is 3.90. The van der Waals surface area contributed by atoms with Crippen LogP contribution in [0.2, 0.25) is 0 Å². The Morgan fingerprint density at radius 1 is 1.19 bits per heavy atom. The average molecular weight is 431 g/mol. The predicted molar refractivity (Wildman–Crippen MR) is 119 cm³/mol. The van der Waals surface area contributed by atoms with Gasteiger partial charge in [0.15, 0.2) is 12.4 Å². The highest BCUT2D eigenvalue weighted by atomic mass is 32.1. The Kier molecular flexibility index (Phi) is 4.63. The molecule has 0 saturated carbocycles. The Hall–Kier alpha value is -3.78. The smallest absolute Gasteiger partial charge is 0.263 e. The molecule has 0 bridgehead atoms. The van der Waals surface area contributed by atoms with Crippen molar-refractivity contribution in [3.63, 3.8) is 0 Å². The molecular formula is C23H17N3O4S. The largest absolute Gasteiger partial charge is 0.482 e. The number of Topliss-reactive ketones (excluding diaryl/α,β-unsaturated/α-hetero) is 1. The molecule has 0 aliphatic carbocycles. The van der Waals surface area contributed by atoms with Gasteiger partial charge >= 0.3 is 0 Å². The summed E-state index contributed by atoms with van der Waals surface area (Å²) in [6.07, 6.45) is 1.42. The van der Waals surface area contributed by atoms with E-state index in [2.05, 4.69) is 10.3 Å². The zero-order valence-corrected chi connectivity index (χ0v) is 17.3. The molecule has 1 N–H and O–H groups in total. The first-order valence-corrected chi connectivity index (χ1v) is 10.6. The molecule has 1 amide bonds. The molecule has 7 nitrogen and oxygen atoms in total. The molecule has 2 aromatic carbocycles. The lowest BCUT2D eigenvalue weighted by atomic mass is 10.0. The normalized spacial score (nSPS) is 13.9. The van der Waals surface area contributed by atoms with Gasteiger partial charge in [0.05, 0.1) is 23.4 Å². The second-order valence-electron chi connectivity index (χ2n) is 7.24. The van der Waals surface area contributed by atoms with Gasteiger partial charge in [-0.05, 0) is 30.7 Å². The molecule has 0 radical (unpaired) electrons. The second-order valence-corrected chi connectivity index (χ2v) is 8.10. The SMILES string of the molecule is CC(C(=O)c1ccc2c(c1)NC(=O)CO2)n1cnc2scc(-c3ccccc3)c2c1=O. The first kappa shape index (κ1) is 19.2. The van der Waals surface area contributed by atoms with Gasteiger partial charge < -0.3 is 10.1 Å². The Labute approximate surface area is 180 Å². The van der Waals surface area contributed by atoms with E-state index in [4.69, 9.17) is 4.74 Å². The average Bonchev–Trinajstić information content (AvgIpc) is 3.23. The number of carbonyl (C=O) groups is 2. The van der Waals surface area contributed by atoms with E-state index in [0.29, 0.717) is 27.2 Å². The molecular weight excluding hydrogens is 414 g/mol. The van der Waals surface area contributed by atoms with E-state index in [1.807, 2.05) is 35.7 Å². The van der Waals surface area contributed by atoms with Crippen molar-refractivity contribution in [1.29, 1.82) is 0 Å². The van der Waals surface area contributed by atoms with Crippen molar-refractivity contribution in [2.45, 2.75) is 13.0 Å². The lowest BCUT2D eigenvalue weighted by Gasteiger charge is -2.19. The maximum atomic E-state index is 13.3. The zero-order chi connectivity index (χ0) is 21.5. The van der Waals surface area contributed by atoms with E-state index in [0.717, 1.165) is 11.1 Å². The minimum atomic E-state index is -0.772. The molecule has 8 heteroatoms. The van der Waals surface area contributed by atoms with E-state index in [1.165, 1.54) is 22.2 Å². The number of hydrogen-bond acceptors (Lipinski definition) is 6. The number of rotatable bonds is 4. The highest BCUT2D eigenvalue weighted by Gasteiger charge is 2.24. The van der Waals surface area contributed by atoms with E-state index >= 15 is 0 Å².